The van der Waals surface area contributed by atoms with E-state index in [0.29, 0.717) is 12.1 Å². The topological polar surface area (TPSA) is 44.0 Å². The van der Waals surface area contributed by atoms with Gasteiger partial charge in [0.25, 0.3) is 0 Å². The molecule has 0 amide bonds. The van der Waals surface area contributed by atoms with E-state index in [0.717, 1.165) is 12.4 Å². The van der Waals surface area contributed by atoms with Gasteiger partial charge in [-0.3, -0.25) is 4.90 Å². The van der Waals surface area contributed by atoms with Gasteiger partial charge in [-0.1, -0.05) is 0 Å². The lowest BCUT2D eigenvalue weighted by molar-refractivity contribution is 0.268. The zero-order chi connectivity index (χ0) is 10.7. The summed E-state index contributed by atoms with van der Waals surface area (Å²) in [5, 5.41) is 3.53. The van der Waals surface area contributed by atoms with Crippen LogP contribution in [0.3, 0.4) is 0 Å². The maximum absolute atomic E-state index is 4.20. The van der Waals surface area contributed by atoms with Gasteiger partial charge in [-0.2, -0.15) is 0 Å². The molecule has 0 aliphatic carbocycles. The molecule has 0 saturated carbocycles. The third kappa shape index (κ3) is 2.79. The summed E-state index contributed by atoms with van der Waals surface area (Å²) in [6.45, 7) is 7.75. The summed E-state index contributed by atoms with van der Waals surface area (Å²) in [4.78, 5) is 9.82. The fraction of sp³-hybridized carbons (Fsp3) is 0.727. The summed E-state index contributed by atoms with van der Waals surface area (Å²) in [6.07, 6.45) is 4.91. The molecule has 0 radical (unpaired) electrons. The summed E-state index contributed by atoms with van der Waals surface area (Å²) in [6, 6.07) is 1.29. The van der Waals surface area contributed by atoms with Gasteiger partial charge in [0.1, 0.15) is 5.82 Å². The SMILES string of the molecule is CC(C)N1CCC(NCc2ncc[nH]2)C1. The lowest BCUT2D eigenvalue weighted by Gasteiger charge is -2.20. The van der Waals surface area contributed by atoms with Crippen molar-refractivity contribution >= 4 is 0 Å². The van der Waals surface area contributed by atoms with E-state index in [4.69, 9.17) is 0 Å². The molecule has 2 N–H and O–H groups in total. The van der Waals surface area contributed by atoms with Crippen LogP contribution in [0, 0.1) is 0 Å². The number of nitrogens with zero attached hydrogens (tertiary/aromatic N) is 2. The maximum Gasteiger partial charge on any atom is 0.120 e. The average molecular weight is 208 g/mol. The molecule has 4 nitrogen and oxygen atoms in total. The quantitative estimate of drug-likeness (QED) is 0.775. The van der Waals surface area contributed by atoms with Crippen molar-refractivity contribution in [2.45, 2.75) is 38.9 Å². The molecule has 4 heteroatoms. The first-order chi connectivity index (χ1) is 7.25. The molecule has 15 heavy (non-hydrogen) atoms. The monoisotopic (exact) mass is 208 g/mol. The molecule has 84 valence electrons. The Hall–Kier alpha value is -0.870. The summed E-state index contributed by atoms with van der Waals surface area (Å²) in [5.41, 5.74) is 0. The molecule has 1 saturated heterocycles. The Balaban J connectivity index is 1.73. The van der Waals surface area contributed by atoms with Crippen LogP contribution in [0.2, 0.25) is 0 Å². The summed E-state index contributed by atoms with van der Waals surface area (Å²) in [7, 11) is 0. The van der Waals surface area contributed by atoms with Gasteiger partial charge < -0.3 is 10.3 Å². The molecule has 1 aromatic heterocycles. The van der Waals surface area contributed by atoms with Gasteiger partial charge in [0.05, 0.1) is 6.54 Å². The number of hydrogen-bond donors (Lipinski definition) is 2. The number of nitrogens with one attached hydrogen (secondary N) is 2. The van der Waals surface area contributed by atoms with Gasteiger partial charge >= 0.3 is 0 Å². The van der Waals surface area contributed by atoms with Gasteiger partial charge in [0.2, 0.25) is 0 Å². The number of aromatic amines is 1. The van der Waals surface area contributed by atoms with Gasteiger partial charge in [0, 0.05) is 31.0 Å². The third-order valence-electron chi connectivity index (χ3n) is 3.06. The van der Waals surface area contributed by atoms with Crippen LogP contribution in [0.15, 0.2) is 12.4 Å². The van der Waals surface area contributed by atoms with Crippen molar-refractivity contribution in [3.8, 4) is 0 Å². The molecule has 1 unspecified atom stereocenters. The van der Waals surface area contributed by atoms with E-state index < -0.39 is 0 Å². The highest BCUT2D eigenvalue weighted by atomic mass is 15.2. The van der Waals surface area contributed by atoms with E-state index in [1.807, 2.05) is 6.20 Å². The predicted octanol–water partition coefficient (Wildman–Crippen LogP) is 0.982. The fourth-order valence-electron chi connectivity index (χ4n) is 2.06. The normalized spacial score (nSPS) is 22.7. The van der Waals surface area contributed by atoms with Crippen LogP contribution in [-0.4, -0.2) is 40.0 Å². The molecule has 2 rings (SSSR count). The minimum absolute atomic E-state index is 0.623. The van der Waals surface area contributed by atoms with Crippen molar-refractivity contribution in [1.29, 1.82) is 0 Å². The molecular weight excluding hydrogens is 188 g/mol. The number of hydrogen-bond acceptors (Lipinski definition) is 3. The van der Waals surface area contributed by atoms with Crippen molar-refractivity contribution in [1.82, 2.24) is 20.2 Å². The Morgan fingerprint density at radius 1 is 1.67 bits per heavy atom. The molecule has 1 aliphatic rings. The summed E-state index contributed by atoms with van der Waals surface area (Å²) in [5.74, 6) is 1.03. The Morgan fingerprint density at radius 3 is 3.13 bits per heavy atom. The van der Waals surface area contributed by atoms with Gasteiger partial charge in [-0.05, 0) is 26.8 Å². The van der Waals surface area contributed by atoms with Crippen LogP contribution < -0.4 is 5.32 Å². The van der Waals surface area contributed by atoms with E-state index in [9.17, 15) is 0 Å². The van der Waals surface area contributed by atoms with Crippen LogP contribution in [0.4, 0.5) is 0 Å². The predicted molar refractivity (Wildman–Crippen MR) is 60.5 cm³/mol. The second-order valence-corrected chi connectivity index (χ2v) is 4.49. The molecular formula is C11H20N4. The van der Waals surface area contributed by atoms with Gasteiger partial charge in [-0.25, -0.2) is 4.98 Å². The fourth-order valence-corrected chi connectivity index (χ4v) is 2.06. The summed E-state index contributed by atoms with van der Waals surface area (Å²) >= 11 is 0. The molecule has 1 fully saturated rings. The molecule has 1 aliphatic heterocycles. The highest BCUT2D eigenvalue weighted by molar-refractivity contribution is 4.89. The van der Waals surface area contributed by atoms with Crippen LogP contribution in [0.1, 0.15) is 26.1 Å². The highest BCUT2D eigenvalue weighted by Crippen LogP contribution is 2.12. The minimum atomic E-state index is 0.623. The minimum Gasteiger partial charge on any atom is -0.348 e. The number of likely N-dealkylation sites (tertiary alicyclic amines) is 1. The number of imidazole rings is 1. The Bertz CT molecular complexity index is 281. The zero-order valence-electron chi connectivity index (χ0n) is 9.53. The van der Waals surface area contributed by atoms with E-state index in [2.05, 4.69) is 34.0 Å². The smallest absolute Gasteiger partial charge is 0.120 e. The van der Waals surface area contributed by atoms with Crippen LogP contribution >= 0.6 is 0 Å². The Labute approximate surface area is 91.1 Å². The average Bonchev–Trinajstić information content (AvgIpc) is 2.86. The zero-order valence-corrected chi connectivity index (χ0v) is 9.53. The van der Waals surface area contributed by atoms with Crippen molar-refractivity contribution in [2.75, 3.05) is 13.1 Å². The van der Waals surface area contributed by atoms with Crippen LogP contribution in [0.5, 0.6) is 0 Å². The van der Waals surface area contributed by atoms with Crippen molar-refractivity contribution in [3.05, 3.63) is 18.2 Å². The van der Waals surface area contributed by atoms with Crippen LogP contribution in [0.25, 0.3) is 0 Å². The molecule has 0 aromatic carbocycles. The van der Waals surface area contributed by atoms with E-state index in [-0.39, 0.29) is 0 Å². The van der Waals surface area contributed by atoms with Gasteiger partial charge in [-0.15, -0.1) is 0 Å². The van der Waals surface area contributed by atoms with Crippen molar-refractivity contribution in [2.24, 2.45) is 0 Å². The first kappa shape index (κ1) is 10.6. The van der Waals surface area contributed by atoms with E-state index >= 15 is 0 Å². The molecule has 2 heterocycles. The lowest BCUT2D eigenvalue weighted by Crippen LogP contribution is -2.35. The van der Waals surface area contributed by atoms with Crippen molar-refractivity contribution < 1.29 is 0 Å². The van der Waals surface area contributed by atoms with E-state index in [1.54, 1.807) is 6.20 Å². The van der Waals surface area contributed by atoms with Crippen LogP contribution in [-0.2, 0) is 6.54 Å². The number of H-pyrrole nitrogens is 1. The second-order valence-electron chi connectivity index (χ2n) is 4.49. The van der Waals surface area contributed by atoms with E-state index in [1.165, 1.54) is 19.5 Å². The Kier molecular flexibility index (Phi) is 3.38. The largest absolute Gasteiger partial charge is 0.348 e. The van der Waals surface area contributed by atoms with Crippen molar-refractivity contribution in [3.63, 3.8) is 0 Å². The molecule has 0 spiro atoms. The lowest BCUT2D eigenvalue weighted by atomic mass is 10.2. The second kappa shape index (κ2) is 4.77. The number of rotatable bonds is 4. The van der Waals surface area contributed by atoms with Gasteiger partial charge in [0.15, 0.2) is 0 Å². The summed E-state index contributed by atoms with van der Waals surface area (Å²) < 4.78 is 0. The first-order valence-corrected chi connectivity index (χ1v) is 5.71. The standard InChI is InChI=1S/C11H20N4/c1-9(2)15-6-3-10(8-15)14-7-11-12-4-5-13-11/h4-5,9-10,14H,3,6-8H2,1-2H3,(H,12,13). The highest BCUT2D eigenvalue weighted by Gasteiger charge is 2.23. The molecule has 1 atom stereocenters. The first-order valence-electron chi connectivity index (χ1n) is 5.71. The molecule has 0 bridgehead atoms. The molecule has 1 aromatic rings. The number of aromatic nitrogens is 2. The Morgan fingerprint density at radius 2 is 2.53 bits per heavy atom. The maximum atomic E-state index is 4.20. The third-order valence-corrected chi connectivity index (χ3v) is 3.06.